The van der Waals surface area contributed by atoms with Gasteiger partial charge in [-0.3, -0.25) is 14.4 Å². The van der Waals surface area contributed by atoms with Gasteiger partial charge in [-0.25, -0.2) is 0 Å². The van der Waals surface area contributed by atoms with E-state index in [0.29, 0.717) is 45.5 Å². The monoisotopic (exact) mass is 482 g/mol. The van der Waals surface area contributed by atoms with Gasteiger partial charge in [-0.2, -0.15) is 0 Å². The fourth-order valence-electron chi connectivity index (χ4n) is 4.57. The van der Waals surface area contributed by atoms with E-state index in [1.165, 1.54) is 0 Å². The molecule has 1 saturated heterocycles. The third-order valence-corrected chi connectivity index (χ3v) is 6.40. The summed E-state index contributed by atoms with van der Waals surface area (Å²) >= 11 is 0. The summed E-state index contributed by atoms with van der Waals surface area (Å²) in [5, 5.41) is 8.00. The molecular weight excluding hydrogens is 444 g/mol. The Morgan fingerprint density at radius 3 is 2.63 bits per heavy atom. The van der Waals surface area contributed by atoms with Crippen molar-refractivity contribution in [2.45, 2.75) is 64.1 Å². The summed E-state index contributed by atoms with van der Waals surface area (Å²) in [5.74, 6) is -0.788. The number of amides is 3. The minimum atomic E-state index is -1.01. The Morgan fingerprint density at radius 2 is 1.91 bits per heavy atom. The third-order valence-electron chi connectivity index (χ3n) is 6.40. The van der Waals surface area contributed by atoms with Crippen LogP contribution in [0.2, 0.25) is 0 Å². The van der Waals surface area contributed by atoms with Gasteiger partial charge in [0.05, 0.1) is 0 Å². The zero-order valence-electron chi connectivity index (χ0n) is 21.0. The van der Waals surface area contributed by atoms with Gasteiger partial charge in [0.25, 0.3) is 5.91 Å². The first kappa shape index (κ1) is 26.6. The Labute approximate surface area is 207 Å². The Kier molecular flexibility index (Phi) is 9.23. The minimum absolute atomic E-state index is 0.213. The maximum absolute atomic E-state index is 13.3. The lowest BCUT2D eigenvalue weighted by atomic mass is 10.0. The Morgan fingerprint density at radius 1 is 1.17 bits per heavy atom. The molecule has 8 nitrogen and oxygen atoms in total. The predicted molar refractivity (Wildman–Crippen MR) is 137 cm³/mol. The number of benzene rings is 2. The first-order chi connectivity index (χ1) is 16.8. The molecular formula is C27H38N4O4. The van der Waals surface area contributed by atoms with Crippen LogP contribution in [0.3, 0.4) is 0 Å². The minimum Gasteiger partial charge on any atom is -0.366 e. The van der Waals surface area contributed by atoms with Crippen molar-refractivity contribution in [1.29, 1.82) is 0 Å². The van der Waals surface area contributed by atoms with Crippen LogP contribution in [0.5, 0.6) is 0 Å². The van der Waals surface area contributed by atoms with Crippen LogP contribution in [0.25, 0.3) is 10.8 Å². The van der Waals surface area contributed by atoms with Crippen molar-refractivity contribution in [1.82, 2.24) is 15.5 Å². The number of carbonyl (C=O) groups is 3. The molecule has 2 aromatic rings. The molecule has 1 fully saturated rings. The van der Waals surface area contributed by atoms with Gasteiger partial charge in [0.1, 0.15) is 17.7 Å². The Bertz CT molecular complexity index is 1040. The van der Waals surface area contributed by atoms with E-state index in [-0.39, 0.29) is 17.7 Å². The first-order valence-electron chi connectivity index (χ1n) is 12.5. The number of nitrogens with one attached hydrogen (secondary N) is 2. The topological polar surface area (TPSA) is 114 Å². The van der Waals surface area contributed by atoms with E-state index in [4.69, 9.17) is 10.5 Å². The third kappa shape index (κ3) is 6.80. The SMILES string of the molecule is CCOC(C)(C)C(=O)N1CCC[C@H]1C(=O)N[C@H](Cc1ccc2ccccc2c1)C(=O)NCCCN. The highest BCUT2D eigenvalue weighted by molar-refractivity contribution is 5.94. The van der Waals surface area contributed by atoms with E-state index in [9.17, 15) is 14.4 Å². The van der Waals surface area contributed by atoms with E-state index in [2.05, 4.69) is 10.6 Å². The van der Waals surface area contributed by atoms with Crippen LogP contribution < -0.4 is 16.4 Å². The summed E-state index contributed by atoms with van der Waals surface area (Å²) in [7, 11) is 0. The summed E-state index contributed by atoms with van der Waals surface area (Å²) in [6.45, 7) is 7.08. The van der Waals surface area contributed by atoms with Gasteiger partial charge in [-0.05, 0) is 62.9 Å². The predicted octanol–water partition coefficient (Wildman–Crippen LogP) is 2.14. The van der Waals surface area contributed by atoms with Gasteiger partial charge in [0.2, 0.25) is 11.8 Å². The molecule has 35 heavy (non-hydrogen) atoms. The highest BCUT2D eigenvalue weighted by Crippen LogP contribution is 2.24. The van der Waals surface area contributed by atoms with E-state index < -0.39 is 17.7 Å². The fourth-order valence-corrected chi connectivity index (χ4v) is 4.57. The average Bonchev–Trinajstić information content (AvgIpc) is 3.33. The zero-order chi connectivity index (χ0) is 25.4. The van der Waals surface area contributed by atoms with Crippen molar-refractivity contribution in [2.75, 3.05) is 26.2 Å². The van der Waals surface area contributed by atoms with Crippen LogP contribution in [-0.2, 0) is 25.5 Å². The van der Waals surface area contributed by atoms with Crippen LogP contribution in [0, 0.1) is 0 Å². The molecule has 3 rings (SSSR count). The molecule has 8 heteroatoms. The van der Waals surface area contributed by atoms with Gasteiger partial charge in [-0.1, -0.05) is 42.5 Å². The summed E-state index contributed by atoms with van der Waals surface area (Å²) in [5.41, 5.74) is 5.49. The number of likely N-dealkylation sites (tertiary alicyclic amines) is 1. The van der Waals surface area contributed by atoms with Crippen molar-refractivity contribution >= 4 is 28.5 Å². The standard InChI is InChI=1S/C27H38N4O4/c1-4-35-27(2,3)26(34)31-16-7-11-23(31)25(33)30-22(24(32)29-15-8-14-28)18-19-12-13-20-9-5-6-10-21(20)17-19/h5-6,9-10,12-13,17,22-23H,4,7-8,11,14-16,18,28H2,1-3H3,(H,29,32)(H,30,33)/t22-,23+/m1/s1. The molecule has 3 amide bonds. The summed E-state index contributed by atoms with van der Waals surface area (Å²) < 4.78 is 5.62. The van der Waals surface area contributed by atoms with Gasteiger partial charge in [0, 0.05) is 26.1 Å². The molecule has 0 bridgehead atoms. The van der Waals surface area contributed by atoms with Gasteiger partial charge >= 0.3 is 0 Å². The van der Waals surface area contributed by atoms with E-state index in [1.807, 2.05) is 49.4 Å². The summed E-state index contributed by atoms with van der Waals surface area (Å²) in [6.07, 6.45) is 2.28. The molecule has 190 valence electrons. The molecule has 0 radical (unpaired) electrons. The summed E-state index contributed by atoms with van der Waals surface area (Å²) in [6, 6.07) is 12.7. The van der Waals surface area contributed by atoms with Crippen LogP contribution in [-0.4, -0.2) is 66.5 Å². The molecule has 1 heterocycles. The molecule has 2 aromatic carbocycles. The number of nitrogens with two attached hydrogens (primary N) is 1. The molecule has 4 N–H and O–H groups in total. The quantitative estimate of drug-likeness (QED) is 0.425. The van der Waals surface area contributed by atoms with Crippen molar-refractivity contribution in [3.63, 3.8) is 0 Å². The number of rotatable bonds is 11. The van der Waals surface area contributed by atoms with Gasteiger partial charge in [-0.15, -0.1) is 0 Å². The molecule has 0 aliphatic carbocycles. The van der Waals surface area contributed by atoms with Crippen molar-refractivity contribution in [2.24, 2.45) is 5.73 Å². The van der Waals surface area contributed by atoms with E-state index in [1.54, 1.807) is 18.7 Å². The smallest absolute Gasteiger partial charge is 0.254 e. The number of carbonyl (C=O) groups excluding carboxylic acids is 3. The zero-order valence-corrected chi connectivity index (χ0v) is 21.0. The maximum Gasteiger partial charge on any atom is 0.254 e. The van der Waals surface area contributed by atoms with E-state index in [0.717, 1.165) is 22.8 Å². The number of hydrogen-bond donors (Lipinski definition) is 3. The van der Waals surface area contributed by atoms with Crippen molar-refractivity contribution in [3.05, 3.63) is 48.0 Å². The molecule has 0 aromatic heterocycles. The fraction of sp³-hybridized carbons (Fsp3) is 0.519. The van der Waals surface area contributed by atoms with Crippen LogP contribution >= 0.6 is 0 Å². The number of hydrogen-bond acceptors (Lipinski definition) is 5. The summed E-state index contributed by atoms with van der Waals surface area (Å²) in [4.78, 5) is 41.1. The number of ether oxygens (including phenoxy) is 1. The molecule has 1 aliphatic heterocycles. The second kappa shape index (κ2) is 12.1. The normalized spacial score (nSPS) is 16.8. The Hall–Kier alpha value is -2.97. The molecule has 0 saturated carbocycles. The highest BCUT2D eigenvalue weighted by Gasteiger charge is 2.41. The second-order valence-electron chi connectivity index (χ2n) is 9.48. The van der Waals surface area contributed by atoms with Crippen LogP contribution in [0.4, 0.5) is 0 Å². The van der Waals surface area contributed by atoms with Gasteiger partial charge in [0.15, 0.2) is 0 Å². The van der Waals surface area contributed by atoms with Crippen molar-refractivity contribution < 1.29 is 19.1 Å². The maximum atomic E-state index is 13.3. The molecule has 1 aliphatic rings. The van der Waals surface area contributed by atoms with E-state index >= 15 is 0 Å². The first-order valence-corrected chi connectivity index (χ1v) is 12.5. The van der Waals surface area contributed by atoms with Gasteiger partial charge < -0.3 is 26.0 Å². The lowest BCUT2D eigenvalue weighted by molar-refractivity contribution is -0.157. The van der Waals surface area contributed by atoms with Crippen LogP contribution in [0.1, 0.15) is 45.6 Å². The Balaban J connectivity index is 1.77. The second-order valence-corrected chi connectivity index (χ2v) is 9.48. The number of nitrogens with zero attached hydrogens (tertiary/aromatic N) is 1. The van der Waals surface area contributed by atoms with Crippen LogP contribution in [0.15, 0.2) is 42.5 Å². The van der Waals surface area contributed by atoms with Crippen molar-refractivity contribution in [3.8, 4) is 0 Å². The lowest BCUT2D eigenvalue weighted by Gasteiger charge is -2.33. The molecule has 0 unspecified atom stereocenters. The number of fused-ring (bicyclic) bond motifs is 1. The lowest BCUT2D eigenvalue weighted by Crippen LogP contribution is -2.56. The molecule has 2 atom stereocenters. The largest absolute Gasteiger partial charge is 0.366 e. The average molecular weight is 483 g/mol. The molecule has 0 spiro atoms. The highest BCUT2D eigenvalue weighted by atomic mass is 16.5.